The monoisotopic (exact) mass is 235 g/mol. The Morgan fingerprint density at radius 1 is 0.889 bits per heavy atom. The molecule has 0 spiro atoms. The molecule has 92 valence electrons. The molecule has 18 heavy (non-hydrogen) atoms. The Morgan fingerprint density at radius 3 is 2.17 bits per heavy atom. The zero-order valence-corrected chi connectivity index (χ0v) is 11.5. The van der Waals surface area contributed by atoms with Crippen molar-refractivity contribution >= 4 is 7.28 Å². The molecule has 0 atom stereocenters. The van der Waals surface area contributed by atoms with E-state index in [1.807, 2.05) is 0 Å². The number of hydrogen-bond donors (Lipinski definition) is 0. The van der Waals surface area contributed by atoms with Gasteiger partial charge in [0.05, 0.1) is 0 Å². The number of aryl methyl sites for hydroxylation is 1. The van der Waals surface area contributed by atoms with Gasteiger partial charge in [-0.15, -0.1) is 0 Å². The minimum Gasteiger partial charge on any atom is -0.317 e. The van der Waals surface area contributed by atoms with Gasteiger partial charge >= 0.3 is 0 Å². The van der Waals surface area contributed by atoms with E-state index in [-0.39, 0.29) is 5.31 Å². The van der Waals surface area contributed by atoms with E-state index in [4.69, 9.17) is 0 Å². The molecule has 0 unspecified atom stereocenters. The molecule has 0 aliphatic carbocycles. The second-order valence-electron chi connectivity index (χ2n) is 5.42. The summed E-state index contributed by atoms with van der Waals surface area (Å²) in [5.41, 5.74) is 4.16. The SMILES string of the molecule is Cc1ccccc1C[B-]C(C)(C)c1ccccc1. The standard InChI is InChI=1S/C17H20B/c1-14-9-7-8-10-15(14)13-18-17(2,3)16-11-5-4-6-12-16/h4-12H,13H2,1-3H3/q-1. The highest BCUT2D eigenvalue weighted by molar-refractivity contribution is 6.39. The smallest absolute Gasteiger partial charge is 0.0396 e. The molecule has 2 aromatic rings. The molecular formula is C17H20B-. The highest BCUT2D eigenvalue weighted by Crippen LogP contribution is 2.23. The lowest BCUT2D eigenvalue weighted by Gasteiger charge is -2.39. The van der Waals surface area contributed by atoms with Gasteiger partial charge in [-0.05, 0) is 6.92 Å². The first kappa shape index (κ1) is 12.9. The molecule has 0 aliphatic rings. The van der Waals surface area contributed by atoms with Crippen LogP contribution in [0.2, 0.25) is 0 Å². The second-order valence-corrected chi connectivity index (χ2v) is 5.42. The summed E-state index contributed by atoms with van der Waals surface area (Å²) >= 11 is 0. The van der Waals surface area contributed by atoms with E-state index in [1.165, 1.54) is 16.7 Å². The lowest BCUT2D eigenvalue weighted by molar-refractivity contribution is 0.745. The lowest BCUT2D eigenvalue weighted by atomic mass is 9.49. The Bertz CT molecular complexity index is 500. The van der Waals surface area contributed by atoms with Gasteiger partial charge in [0, 0.05) is 0 Å². The molecule has 0 saturated heterocycles. The second kappa shape index (κ2) is 5.43. The van der Waals surface area contributed by atoms with Gasteiger partial charge in [0.1, 0.15) is 0 Å². The van der Waals surface area contributed by atoms with E-state index in [0.717, 1.165) is 6.32 Å². The molecule has 0 heterocycles. The third kappa shape index (κ3) is 3.04. The quantitative estimate of drug-likeness (QED) is 0.699. The summed E-state index contributed by atoms with van der Waals surface area (Å²) in [5.74, 6) is 0. The fraction of sp³-hybridized carbons (Fsp3) is 0.294. The molecule has 0 aliphatic heterocycles. The van der Waals surface area contributed by atoms with Crippen molar-refractivity contribution in [1.29, 1.82) is 0 Å². The molecule has 0 nitrogen and oxygen atoms in total. The van der Waals surface area contributed by atoms with Gasteiger partial charge in [0.2, 0.25) is 0 Å². The lowest BCUT2D eigenvalue weighted by Crippen LogP contribution is -2.27. The molecule has 1 heteroatoms. The van der Waals surface area contributed by atoms with Gasteiger partial charge in [0.15, 0.2) is 0 Å². The van der Waals surface area contributed by atoms with Crippen LogP contribution in [0.1, 0.15) is 30.5 Å². The Hall–Kier alpha value is -1.50. The Kier molecular flexibility index (Phi) is 3.91. The number of rotatable bonds is 4. The molecular weight excluding hydrogens is 215 g/mol. The van der Waals surface area contributed by atoms with Crippen molar-refractivity contribution in [3.05, 3.63) is 71.3 Å². The third-order valence-electron chi connectivity index (χ3n) is 3.61. The van der Waals surface area contributed by atoms with Crippen LogP contribution in [0.5, 0.6) is 0 Å². The van der Waals surface area contributed by atoms with Crippen LogP contribution < -0.4 is 0 Å². The van der Waals surface area contributed by atoms with Gasteiger partial charge in [0.25, 0.3) is 0 Å². The van der Waals surface area contributed by atoms with E-state index in [9.17, 15) is 0 Å². The zero-order chi connectivity index (χ0) is 13.0. The zero-order valence-electron chi connectivity index (χ0n) is 11.5. The highest BCUT2D eigenvalue weighted by Gasteiger charge is 2.07. The van der Waals surface area contributed by atoms with Gasteiger partial charge < -0.3 is 7.28 Å². The Balaban J connectivity index is 2.08. The fourth-order valence-electron chi connectivity index (χ4n) is 2.19. The van der Waals surface area contributed by atoms with Gasteiger partial charge in [-0.1, -0.05) is 85.1 Å². The summed E-state index contributed by atoms with van der Waals surface area (Å²) in [6.07, 6.45) is 1.02. The van der Waals surface area contributed by atoms with Crippen LogP contribution in [0.25, 0.3) is 0 Å². The van der Waals surface area contributed by atoms with Crippen molar-refractivity contribution in [1.82, 2.24) is 0 Å². The van der Waals surface area contributed by atoms with Crippen LogP contribution >= 0.6 is 0 Å². The van der Waals surface area contributed by atoms with Crippen LogP contribution in [0.15, 0.2) is 54.6 Å². The number of benzene rings is 2. The first-order valence-electron chi connectivity index (χ1n) is 6.54. The van der Waals surface area contributed by atoms with Crippen molar-refractivity contribution in [3.63, 3.8) is 0 Å². The van der Waals surface area contributed by atoms with Crippen LogP contribution in [-0.2, 0) is 11.6 Å². The van der Waals surface area contributed by atoms with Crippen LogP contribution in [0.3, 0.4) is 0 Å². The molecule has 0 amide bonds. The Morgan fingerprint density at radius 2 is 1.50 bits per heavy atom. The molecule has 0 fully saturated rings. The van der Waals surface area contributed by atoms with Gasteiger partial charge in [-0.25, -0.2) is 6.32 Å². The first-order chi connectivity index (χ1) is 8.59. The summed E-state index contributed by atoms with van der Waals surface area (Å²) in [5, 5.41) is 0.115. The van der Waals surface area contributed by atoms with Gasteiger partial charge in [-0.2, -0.15) is 5.31 Å². The van der Waals surface area contributed by atoms with E-state index in [1.54, 1.807) is 0 Å². The van der Waals surface area contributed by atoms with Crippen molar-refractivity contribution < 1.29 is 0 Å². The summed E-state index contributed by atoms with van der Waals surface area (Å²) in [7, 11) is 2.41. The Labute approximate surface area is 111 Å². The predicted molar refractivity (Wildman–Crippen MR) is 80.1 cm³/mol. The fourth-order valence-corrected chi connectivity index (χ4v) is 2.19. The van der Waals surface area contributed by atoms with Crippen molar-refractivity contribution in [2.75, 3.05) is 0 Å². The van der Waals surface area contributed by atoms with Crippen LogP contribution in [0.4, 0.5) is 0 Å². The maximum absolute atomic E-state index is 2.41. The summed E-state index contributed by atoms with van der Waals surface area (Å²) in [6, 6.07) is 19.3. The summed E-state index contributed by atoms with van der Waals surface area (Å²) in [6.45, 7) is 6.74. The van der Waals surface area contributed by atoms with Crippen molar-refractivity contribution in [2.45, 2.75) is 32.4 Å². The molecule has 0 bridgehead atoms. The van der Waals surface area contributed by atoms with E-state index < -0.39 is 0 Å². The topological polar surface area (TPSA) is 0 Å². The normalized spacial score (nSPS) is 11.5. The highest BCUT2D eigenvalue weighted by atomic mass is 14.1. The molecule has 0 aromatic heterocycles. The van der Waals surface area contributed by atoms with E-state index >= 15 is 0 Å². The van der Waals surface area contributed by atoms with Crippen molar-refractivity contribution in [3.8, 4) is 0 Å². The van der Waals surface area contributed by atoms with Crippen LogP contribution in [0, 0.1) is 6.92 Å². The minimum absolute atomic E-state index is 0.115. The number of hydrogen-bond acceptors (Lipinski definition) is 0. The molecule has 2 rings (SSSR count). The average Bonchev–Trinajstić information content (AvgIpc) is 2.39. The van der Waals surface area contributed by atoms with Gasteiger partial charge in [-0.3, -0.25) is 0 Å². The van der Waals surface area contributed by atoms with Crippen molar-refractivity contribution in [2.24, 2.45) is 0 Å². The molecule has 0 N–H and O–H groups in total. The molecule has 2 aromatic carbocycles. The summed E-state index contributed by atoms with van der Waals surface area (Å²) in [4.78, 5) is 0. The average molecular weight is 235 g/mol. The molecule has 2 radical (unpaired) electrons. The maximum atomic E-state index is 2.41. The minimum atomic E-state index is 0.115. The van der Waals surface area contributed by atoms with E-state index in [2.05, 4.69) is 82.6 Å². The summed E-state index contributed by atoms with van der Waals surface area (Å²) < 4.78 is 0. The predicted octanol–water partition coefficient (Wildman–Crippen LogP) is 4.13. The third-order valence-corrected chi connectivity index (χ3v) is 3.61. The largest absolute Gasteiger partial charge is 0.317 e. The molecule has 0 saturated carbocycles. The van der Waals surface area contributed by atoms with Crippen LogP contribution in [-0.4, -0.2) is 7.28 Å². The maximum Gasteiger partial charge on any atom is -0.0396 e. The van der Waals surface area contributed by atoms with E-state index in [0.29, 0.717) is 0 Å². The first-order valence-corrected chi connectivity index (χ1v) is 6.54.